The lowest BCUT2D eigenvalue weighted by Gasteiger charge is -1.99. The van der Waals surface area contributed by atoms with E-state index in [0.717, 1.165) is 4.38 Å². The number of ether oxygens (including phenoxy) is 1. The Morgan fingerprint density at radius 1 is 1.42 bits per heavy atom. The average molecular weight is 207 g/mol. The highest BCUT2D eigenvalue weighted by atomic mass is 32.2. The summed E-state index contributed by atoms with van der Waals surface area (Å²) in [6, 6.07) is 0. The molecular weight excluding hydrogens is 194 g/mol. The van der Waals surface area contributed by atoms with Crippen LogP contribution in [0, 0.1) is 0 Å². The first kappa shape index (κ1) is 11.8. The molecule has 0 rings (SSSR count). The summed E-state index contributed by atoms with van der Waals surface area (Å²) >= 11 is 3.07. The molecule has 0 atom stereocenters. The lowest BCUT2D eigenvalue weighted by atomic mass is 10.7. The van der Waals surface area contributed by atoms with Gasteiger partial charge in [0.1, 0.15) is 10.9 Å². The molecule has 0 aromatic rings. The minimum absolute atomic E-state index is 0.130. The number of aliphatic imine (C=N–C) groups is 1. The van der Waals surface area contributed by atoms with Gasteiger partial charge in [-0.15, -0.1) is 23.5 Å². The van der Waals surface area contributed by atoms with Crippen molar-refractivity contribution in [2.45, 2.75) is 6.92 Å². The van der Waals surface area contributed by atoms with Gasteiger partial charge in [-0.25, -0.2) is 0 Å². The third kappa shape index (κ3) is 5.49. The fourth-order valence-corrected chi connectivity index (χ4v) is 1.60. The molecule has 0 saturated heterocycles. The van der Waals surface area contributed by atoms with Crippen LogP contribution in [0.1, 0.15) is 6.92 Å². The van der Waals surface area contributed by atoms with E-state index in [2.05, 4.69) is 4.99 Å². The number of esters is 1. The summed E-state index contributed by atoms with van der Waals surface area (Å²) in [4.78, 5) is 14.9. The van der Waals surface area contributed by atoms with Gasteiger partial charge in [-0.2, -0.15) is 0 Å². The van der Waals surface area contributed by atoms with Crippen molar-refractivity contribution < 1.29 is 9.53 Å². The maximum Gasteiger partial charge on any atom is 0.327 e. The minimum atomic E-state index is -0.266. The van der Waals surface area contributed by atoms with Gasteiger partial charge in [0.05, 0.1) is 6.61 Å². The van der Waals surface area contributed by atoms with Crippen LogP contribution in [0.15, 0.2) is 4.99 Å². The Morgan fingerprint density at radius 3 is 2.42 bits per heavy atom. The second-order valence-corrected chi connectivity index (χ2v) is 3.64. The number of rotatable bonds is 3. The van der Waals surface area contributed by atoms with Crippen molar-refractivity contribution in [3.63, 3.8) is 0 Å². The Hall–Kier alpha value is -0.160. The van der Waals surface area contributed by atoms with Gasteiger partial charge in [0.2, 0.25) is 0 Å². The van der Waals surface area contributed by atoms with E-state index in [9.17, 15) is 4.79 Å². The second kappa shape index (κ2) is 7.49. The second-order valence-electron chi connectivity index (χ2n) is 1.80. The smallest absolute Gasteiger partial charge is 0.327 e. The van der Waals surface area contributed by atoms with Crippen LogP contribution in [0.2, 0.25) is 0 Å². The van der Waals surface area contributed by atoms with E-state index >= 15 is 0 Å². The van der Waals surface area contributed by atoms with Crippen LogP contribution in [0.5, 0.6) is 0 Å². The minimum Gasteiger partial charge on any atom is -0.465 e. The summed E-state index contributed by atoms with van der Waals surface area (Å²) < 4.78 is 5.62. The van der Waals surface area contributed by atoms with Crippen LogP contribution >= 0.6 is 23.5 Å². The topological polar surface area (TPSA) is 38.7 Å². The third-order valence-electron chi connectivity index (χ3n) is 0.992. The Bertz CT molecular complexity index is 165. The van der Waals surface area contributed by atoms with Crippen molar-refractivity contribution in [2.75, 3.05) is 25.7 Å². The maximum absolute atomic E-state index is 10.8. The summed E-state index contributed by atoms with van der Waals surface area (Å²) in [7, 11) is 0. The van der Waals surface area contributed by atoms with E-state index in [1.165, 1.54) is 23.5 Å². The first-order valence-corrected chi connectivity index (χ1v) is 5.97. The fourth-order valence-electron chi connectivity index (χ4n) is 0.548. The van der Waals surface area contributed by atoms with Crippen molar-refractivity contribution in [3.05, 3.63) is 0 Å². The van der Waals surface area contributed by atoms with Gasteiger partial charge >= 0.3 is 5.97 Å². The number of carbonyl (C=O) groups excluding carboxylic acids is 1. The average Bonchev–Trinajstić information content (AvgIpc) is 2.07. The quantitative estimate of drug-likeness (QED) is 0.400. The summed E-state index contributed by atoms with van der Waals surface area (Å²) in [6.45, 7) is 2.33. The van der Waals surface area contributed by atoms with Crippen molar-refractivity contribution in [1.82, 2.24) is 0 Å². The van der Waals surface area contributed by atoms with Crippen LogP contribution in [-0.4, -0.2) is 36.0 Å². The molecule has 0 aromatic carbocycles. The van der Waals surface area contributed by atoms with Gasteiger partial charge in [0.15, 0.2) is 0 Å². The van der Waals surface area contributed by atoms with Crippen LogP contribution in [0.4, 0.5) is 0 Å². The molecule has 0 radical (unpaired) electrons. The largest absolute Gasteiger partial charge is 0.465 e. The Balaban J connectivity index is 3.76. The molecule has 70 valence electrons. The Labute approximate surface area is 81.3 Å². The molecule has 12 heavy (non-hydrogen) atoms. The monoisotopic (exact) mass is 207 g/mol. The highest BCUT2D eigenvalue weighted by Gasteiger charge is 2.00. The maximum atomic E-state index is 10.8. The summed E-state index contributed by atoms with van der Waals surface area (Å²) in [5.74, 6) is -0.266. The first-order chi connectivity index (χ1) is 5.74. The van der Waals surface area contributed by atoms with Crippen molar-refractivity contribution in [2.24, 2.45) is 4.99 Å². The predicted molar refractivity (Wildman–Crippen MR) is 56.0 cm³/mol. The van der Waals surface area contributed by atoms with E-state index in [-0.39, 0.29) is 12.5 Å². The fraction of sp³-hybridized carbons (Fsp3) is 0.714. The molecule has 0 unspecified atom stereocenters. The van der Waals surface area contributed by atoms with Crippen LogP contribution in [0.25, 0.3) is 0 Å². The Kier molecular flexibility index (Phi) is 7.39. The number of hydrogen-bond donors (Lipinski definition) is 0. The van der Waals surface area contributed by atoms with Crippen molar-refractivity contribution in [3.8, 4) is 0 Å². The van der Waals surface area contributed by atoms with Crippen LogP contribution in [0.3, 0.4) is 0 Å². The molecule has 0 aromatic heterocycles. The van der Waals surface area contributed by atoms with Gasteiger partial charge in [-0.05, 0) is 19.4 Å². The predicted octanol–water partition coefficient (Wildman–Crippen LogP) is 1.63. The zero-order valence-corrected chi connectivity index (χ0v) is 9.13. The molecule has 0 aliphatic carbocycles. The molecule has 0 spiro atoms. The number of thioether (sulfide) groups is 2. The molecular formula is C7H13NO2S2. The standard InChI is InChI=1S/C7H13NO2S2/c1-4-10-6(9)5-8-7(11-2)12-3/h4-5H2,1-3H3. The lowest BCUT2D eigenvalue weighted by molar-refractivity contribution is -0.141. The molecule has 0 bridgehead atoms. The van der Waals surface area contributed by atoms with Crippen LogP contribution in [-0.2, 0) is 9.53 Å². The van der Waals surface area contributed by atoms with Crippen molar-refractivity contribution in [1.29, 1.82) is 0 Å². The van der Waals surface area contributed by atoms with Gasteiger partial charge in [-0.1, -0.05) is 0 Å². The van der Waals surface area contributed by atoms with Gasteiger partial charge in [0.25, 0.3) is 0 Å². The number of carbonyl (C=O) groups is 1. The molecule has 0 heterocycles. The van der Waals surface area contributed by atoms with Gasteiger partial charge < -0.3 is 4.74 Å². The number of hydrogen-bond acceptors (Lipinski definition) is 5. The number of nitrogens with zero attached hydrogens (tertiary/aromatic N) is 1. The molecule has 0 saturated carbocycles. The molecule has 0 aliphatic rings. The van der Waals surface area contributed by atoms with E-state index in [1.54, 1.807) is 6.92 Å². The Morgan fingerprint density at radius 2 is 2.00 bits per heavy atom. The zero-order valence-electron chi connectivity index (χ0n) is 7.49. The van der Waals surface area contributed by atoms with Gasteiger partial charge in [-0.3, -0.25) is 9.79 Å². The molecule has 0 amide bonds. The molecule has 3 nitrogen and oxygen atoms in total. The van der Waals surface area contributed by atoms with E-state index < -0.39 is 0 Å². The highest BCUT2D eigenvalue weighted by Crippen LogP contribution is 2.10. The van der Waals surface area contributed by atoms with Gasteiger partial charge in [0, 0.05) is 0 Å². The molecule has 5 heteroatoms. The third-order valence-corrected chi connectivity index (χ3v) is 2.95. The van der Waals surface area contributed by atoms with E-state index in [0.29, 0.717) is 6.61 Å². The van der Waals surface area contributed by atoms with Crippen LogP contribution < -0.4 is 0 Å². The molecule has 0 aliphatic heterocycles. The van der Waals surface area contributed by atoms with Crippen molar-refractivity contribution >= 4 is 33.9 Å². The zero-order chi connectivity index (χ0) is 9.40. The molecule has 0 N–H and O–H groups in total. The first-order valence-electron chi connectivity index (χ1n) is 3.52. The summed E-state index contributed by atoms with van der Waals surface area (Å²) in [5, 5.41) is 0. The molecule has 0 fully saturated rings. The highest BCUT2D eigenvalue weighted by molar-refractivity contribution is 8.38. The van der Waals surface area contributed by atoms with E-state index in [4.69, 9.17) is 4.74 Å². The summed E-state index contributed by atoms with van der Waals surface area (Å²) in [6.07, 6.45) is 3.86. The SMILES string of the molecule is CCOC(=O)CN=C(SC)SC. The lowest BCUT2D eigenvalue weighted by Crippen LogP contribution is -2.08. The summed E-state index contributed by atoms with van der Waals surface area (Å²) in [5.41, 5.74) is 0. The normalized spacial score (nSPS) is 9.25. The van der Waals surface area contributed by atoms with E-state index in [1.807, 2.05) is 12.5 Å².